The van der Waals surface area contributed by atoms with E-state index in [1.165, 1.54) is 6.42 Å². The quantitative estimate of drug-likeness (QED) is 0.153. The first-order chi connectivity index (χ1) is 15.4. The molecule has 2 unspecified atom stereocenters. The molecule has 1 aliphatic rings. The molecule has 1 fully saturated rings. The van der Waals surface area contributed by atoms with E-state index in [1.807, 2.05) is 11.1 Å². The number of ether oxygens (including phenoxy) is 2. The monoisotopic (exact) mass is 651 g/mol. The minimum Gasteiger partial charge on any atom is -0.565 e. The SMILES string of the molecule is C[CH-]C(=O)OCC.O=c1cnn(C2OC(CO[N-]Oc3ccccc3)[C@@H](O)[C@H]2O)c(=O)[nH]1.[CH3-].[W]. The van der Waals surface area contributed by atoms with Gasteiger partial charge in [-0.25, -0.2) is 4.79 Å². The van der Waals surface area contributed by atoms with E-state index in [0.717, 1.165) is 10.9 Å². The number of H-pyrrole nitrogens is 1. The van der Waals surface area contributed by atoms with E-state index in [2.05, 4.69) is 15.5 Å². The zero-order valence-electron chi connectivity index (χ0n) is 18.8. The number of para-hydroxylation sites is 1. The van der Waals surface area contributed by atoms with Crippen LogP contribution in [0.15, 0.2) is 46.1 Å². The molecule has 2 aromatic rings. The number of benzene rings is 1. The van der Waals surface area contributed by atoms with Crippen LogP contribution < -0.4 is 16.1 Å². The van der Waals surface area contributed by atoms with Crippen LogP contribution >= 0.6 is 0 Å². The number of nitrogens with zero attached hydrogens (tertiary/aromatic N) is 3. The van der Waals surface area contributed by atoms with Crippen LogP contribution in [0, 0.1) is 13.8 Å². The van der Waals surface area contributed by atoms with E-state index >= 15 is 0 Å². The zero-order valence-corrected chi connectivity index (χ0v) is 21.7. The maximum Gasteiger partial charge on any atom is 0.347 e. The molecule has 190 valence electrons. The molecule has 1 aromatic carbocycles. The summed E-state index contributed by atoms with van der Waals surface area (Å²) in [6, 6.07) is 8.66. The van der Waals surface area contributed by atoms with Gasteiger partial charge in [0.2, 0.25) is 0 Å². The molecule has 13 nitrogen and oxygen atoms in total. The molecule has 3 N–H and O–H groups in total. The number of hydrogen-bond acceptors (Lipinski definition) is 10. The summed E-state index contributed by atoms with van der Waals surface area (Å²) in [5.74, 6) is 0.208. The van der Waals surface area contributed by atoms with Crippen molar-refractivity contribution in [2.45, 2.75) is 38.4 Å². The topological polar surface area (TPSA) is 176 Å². The van der Waals surface area contributed by atoms with Gasteiger partial charge in [0.05, 0.1) is 13.2 Å². The molecule has 2 heterocycles. The first-order valence-corrected chi connectivity index (χ1v) is 9.57. The van der Waals surface area contributed by atoms with Crippen molar-refractivity contribution in [3.63, 3.8) is 0 Å². The van der Waals surface area contributed by atoms with Gasteiger partial charge in [-0.05, 0) is 19.1 Å². The molecule has 14 heteroatoms. The Kier molecular flexibility index (Phi) is 14.9. The Morgan fingerprint density at radius 2 is 1.94 bits per heavy atom. The van der Waals surface area contributed by atoms with Gasteiger partial charge in [-0.3, -0.25) is 21.0 Å². The Balaban J connectivity index is 0.00000106. The summed E-state index contributed by atoms with van der Waals surface area (Å²) in [6.45, 7) is 3.65. The van der Waals surface area contributed by atoms with Crippen LogP contribution in [0.1, 0.15) is 20.1 Å². The standard InChI is InChI=1S/C14H15N4O7.C5H9O2.CH3.W/c19-10-6-15-18(14(22)16-10)13-12(21)11(20)9(24-13)7-23-17-25-8-4-2-1-3-5-8;1-3-5(6)7-4-2;;/h1-6,9,11-13,20-21H,7H2,(H,16,19,22);3H,4H2,1-2H3;1H3;/q3*-1;/t9?,11-,12-,13?;;;/m1.../s1. The van der Waals surface area contributed by atoms with Crippen LogP contribution in [0.5, 0.6) is 5.75 Å². The fourth-order valence-corrected chi connectivity index (χ4v) is 2.49. The Labute approximate surface area is 210 Å². The Morgan fingerprint density at radius 3 is 2.50 bits per heavy atom. The van der Waals surface area contributed by atoms with Gasteiger partial charge in [0.25, 0.3) is 5.56 Å². The van der Waals surface area contributed by atoms with Gasteiger partial charge in [0.15, 0.2) is 12.2 Å². The predicted molar refractivity (Wildman–Crippen MR) is 114 cm³/mol. The van der Waals surface area contributed by atoms with E-state index in [4.69, 9.17) is 14.4 Å². The molecular weight excluding hydrogens is 624 g/mol. The molecular formula is C20H27N4O9W-3. The predicted octanol–water partition coefficient (Wildman–Crippen LogP) is 0.0716. The second kappa shape index (κ2) is 16.1. The molecule has 0 amide bonds. The minimum atomic E-state index is -1.44. The van der Waals surface area contributed by atoms with Gasteiger partial charge in [0.1, 0.15) is 30.3 Å². The molecule has 0 radical (unpaired) electrons. The van der Waals surface area contributed by atoms with E-state index in [9.17, 15) is 24.6 Å². The smallest absolute Gasteiger partial charge is 0.347 e. The molecule has 1 aliphatic heterocycles. The fourth-order valence-electron chi connectivity index (χ4n) is 2.49. The van der Waals surface area contributed by atoms with E-state index in [0.29, 0.717) is 12.4 Å². The largest absolute Gasteiger partial charge is 0.565 e. The molecule has 34 heavy (non-hydrogen) atoms. The maximum absolute atomic E-state index is 11.7. The number of aliphatic hydroxyl groups is 2. The summed E-state index contributed by atoms with van der Waals surface area (Å²) in [4.78, 5) is 44.7. The number of carbonyl (C=O) groups is 1. The van der Waals surface area contributed by atoms with Crippen molar-refractivity contribution >= 4 is 5.97 Å². The van der Waals surface area contributed by atoms with E-state index < -0.39 is 35.8 Å². The number of carbonyl (C=O) groups excluding carboxylic acids is 1. The van der Waals surface area contributed by atoms with Gasteiger partial charge in [-0.15, -0.1) is 0 Å². The molecule has 1 aromatic heterocycles. The van der Waals surface area contributed by atoms with Gasteiger partial charge >= 0.3 is 5.69 Å². The van der Waals surface area contributed by atoms with Crippen molar-refractivity contribution in [2.24, 2.45) is 0 Å². The summed E-state index contributed by atoms with van der Waals surface area (Å²) >= 11 is 0. The normalized spacial score (nSPS) is 20.6. The van der Waals surface area contributed by atoms with Gasteiger partial charge < -0.3 is 42.4 Å². The van der Waals surface area contributed by atoms with Crippen molar-refractivity contribution in [1.29, 1.82) is 0 Å². The Bertz CT molecular complexity index is 957. The van der Waals surface area contributed by atoms with Crippen molar-refractivity contribution in [2.75, 3.05) is 13.2 Å². The number of hydrogen-bond donors (Lipinski definition) is 3. The second-order valence-corrected chi connectivity index (χ2v) is 6.25. The third-order valence-corrected chi connectivity index (χ3v) is 4.02. The summed E-state index contributed by atoms with van der Waals surface area (Å²) in [6.07, 6.45) is -2.80. The summed E-state index contributed by atoms with van der Waals surface area (Å²) < 4.78 is 10.6. The number of aliphatic hydroxyl groups excluding tert-OH is 2. The first kappa shape index (κ1) is 31.5. The molecule has 0 saturated carbocycles. The fraction of sp³-hybridized carbons (Fsp3) is 0.400. The average molecular weight is 651 g/mol. The number of aromatic amines is 1. The molecule has 0 bridgehead atoms. The van der Waals surface area contributed by atoms with E-state index in [-0.39, 0.29) is 41.1 Å². The Hall–Kier alpha value is -2.54. The maximum atomic E-state index is 11.7. The van der Waals surface area contributed by atoms with Crippen molar-refractivity contribution < 1.29 is 55.2 Å². The van der Waals surface area contributed by atoms with Crippen molar-refractivity contribution in [3.05, 3.63) is 76.9 Å². The molecule has 4 atom stereocenters. The molecule has 0 aliphatic carbocycles. The van der Waals surface area contributed by atoms with Gasteiger partial charge in [0, 0.05) is 21.1 Å². The third kappa shape index (κ3) is 9.37. The first-order valence-electron chi connectivity index (χ1n) is 9.57. The summed E-state index contributed by atoms with van der Waals surface area (Å²) in [5.41, 5.74) is 1.83. The average Bonchev–Trinajstić information content (AvgIpc) is 3.06. The minimum absolute atomic E-state index is 0. The number of nitrogens with one attached hydrogen (secondary N) is 1. The second-order valence-electron chi connectivity index (χ2n) is 6.25. The van der Waals surface area contributed by atoms with Crippen molar-refractivity contribution in [3.8, 4) is 5.75 Å². The molecule has 0 spiro atoms. The Morgan fingerprint density at radius 1 is 1.26 bits per heavy atom. The molecule has 1 saturated heterocycles. The van der Waals surface area contributed by atoms with Crippen LogP contribution in [-0.4, -0.2) is 62.5 Å². The third-order valence-electron chi connectivity index (χ3n) is 4.02. The van der Waals surface area contributed by atoms with Crippen LogP contribution in [-0.2, 0) is 40.2 Å². The van der Waals surface area contributed by atoms with Crippen LogP contribution in [0.2, 0.25) is 0 Å². The van der Waals surface area contributed by atoms with Crippen molar-refractivity contribution in [1.82, 2.24) is 14.8 Å². The summed E-state index contributed by atoms with van der Waals surface area (Å²) in [5, 5.41) is 23.6. The van der Waals surface area contributed by atoms with Gasteiger partial charge in [-0.2, -0.15) is 16.7 Å². The van der Waals surface area contributed by atoms with Crippen LogP contribution in [0.3, 0.4) is 0 Å². The summed E-state index contributed by atoms with van der Waals surface area (Å²) in [7, 11) is 0. The zero-order chi connectivity index (χ0) is 23.5. The van der Waals surface area contributed by atoms with E-state index in [1.54, 1.807) is 38.1 Å². The van der Waals surface area contributed by atoms with Gasteiger partial charge in [-0.1, -0.05) is 18.2 Å². The number of esters is 1. The number of rotatable bonds is 8. The number of aromatic nitrogens is 3. The van der Waals surface area contributed by atoms with Crippen LogP contribution in [0.4, 0.5) is 0 Å². The molecule has 3 rings (SSSR count). The van der Waals surface area contributed by atoms with Crippen LogP contribution in [0.25, 0.3) is 5.64 Å².